The van der Waals surface area contributed by atoms with Gasteiger partial charge in [0.25, 0.3) is 0 Å². The lowest BCUT2D eigenvalue weighted by molar-refractivity contribution is 0.581. The van der Waals surface area contributed by atoms with E-state index in [1.807, 2.05) is 13.2 Å². The summed E-state index contributed by atoms with van der Waals surface area (Å²) in [4.78, 5) is 0.313. The molecule has 0 fully saturated rings. The predicted molar refractivity (Wildman–Crippen MR) is 78.8 cm³/mol. The van der Waals surface area contributed by atoms with Gasteiger partial charge < -0.3 is 5.32 Å². The molecule has 0 saturated carbocycles. The number of thioether (sulfide) groups is 1. The molecule has 0 unspecified atom stereocenters. The molecule has 0 aliphatic carbocycles. The Bertz CT molecular complexity index is 444. The Morgan fingerprint density at radius 1 is 1.22 bits per heavy atom. The second-order valence-electron chi connectivity index (χ2n) is 3.80. The topological polar surface area (TPSA) is 58.2 Å². The molecule has 6 heteroatoms. The summed E-state index contributed by atoms with van der Waals surface area (Å²) < 4.78 is 26.5. The molecule has 1 aromatic rings. The Balaban J connectivity index is 2.61. The lowest BCUT2D eigenvalue weighted by Gasteiger charge is -2.08. The minimum absolute atomic E-state index is 0.313. The van der Waals surface area contributed by atoms with Crippen molar-refractivity contribution in [2.45, 2.75) is 18.2 Å². The molecule has 0 aliphatic heterocycles. The van der Waals surface area contributed by atoms with Crippen LogP contribution in [0.1, 0.15) is 13.3 Å². The second-order valence-corrected chi connectivity index (χ2v) is 6.55. The zero-order valence-electron chi connectivity index (χ0n) is 10.8. The van der Waals surface area contributed by atoms with Crippen molar-refractivity contribution < 1.29 is 8.42 Å². The third kappa shape index (κ3) is 4.88. The summed E-state index contributed by atoms with van der Waals surface area (Å²) in [5.74, 6) is 0.960. The van der Waals surface area contributed by atoms with Gasteiger partial charge >= 0.3 is 0 Å². The van der Waals surface area contributed by atoms with Crippen LogP contribution in [0.3, 0.4) is 0 Å². The number of anilines is 1. The van der Waals surface area contributed by atoms with Gasteiger partial charge in [-0.15, -0.1) is 0 Å². The molecule has 1 aromatic carbocycles. The first-order chi connectivity index (χ1) is 8.60. The molecule has 0 heterocycles. The van der Waals surface area contributed by atoms with Crippen LogP contribution in [0.15, 0.2) is 29.2 Å². The fourth-order valence-corrected chi connectivity index (χ4v) is 2.97. The molecule has 18 heavy (non-hydrogen) atoms. The summed E-state index contributed by atoms with van der Waals surface area (Å²) >= 11 is 1.71. The highest BCUT2D eigenvalue weighted by Crippen LogP contribution is 2.13. The summed E-state index contributed by atoms with van der Waals surface area (Å²) in [6.45, 7) is 3.30. The van der Waals surface area contributed by atoms with Gasteiger partial charge in [-0.05, 0) is 49.6 Å². The Morgan fingerprint density at radius 3 is 2.44 bits per heavy atom. The van der Waals surface area contributed by atoms with Crippen LogP contribution in [0.4, 0.5) is 5.69 Å². The van der Waals surface area contributed by atoms with Crippen molar-refractivity contribution >= 4 is 27.5 Å². The van der Waals surface area contributed by atoms with Gasteiger partial charge in [0.2, 0.25) is 10.0 Å². The summed E-state index contributed by atoms with van der Waals surface area (Å²) in [6, 6.07) is 6.80. The average molecular weight is 288 g/mol. The fraction of sp³-hybridized carbons (Fsp3) is 0.500. The van der Waals surface area contributed by atoms with Crippen LogP contribution in [-0.4, -0.2) is 33.5 Å². The predicted octanol–water partition coefficient (Wildman–Crippen LogP) is 2.15. The van der Waals surface area contributed by atoms with Crippen molar-refractivity contribution in [1.82, 2.24) is 4.72 Å². The standard InChI is InChI=1S/C12H20N2O2S2/c1-3-13-11-5-7-12(8-6-11)18(15,16)14-9-4-10-17-2/h5-8,13-14H,3-4,9-10H2,1-2H3. The highest BCUT2D eigenvalue weighted by molar-refractivity contribution is 7.98. The second kappa shape index (κ2) is 7.66. The lowest BCUT2D eigenvalue weighted by Crippen LogP contribution is -2.25. The molecule has 1 rings (SSSR count). The third-order valence-corrected chi connectivity index (χ3v) is 4.54. The molecule has 0 spiro atoms. The first-order valence-corrected chi connectivity index (χ1v) is 8.80. The Hall–Kier alpha value is -0.720. The van der Waals surface area contributed by atoms with Crippen molar-refractivity contribution in [3.8, 4) is 0 Å². The number of rotatable bonds is 8. The van der Waals surface area contributed by atoms with Gasteiger partial charge in [-0.3, -0.25) is 0 Å². The Kier molecular flexibility index (Phi) is 6.52. The first-order valence-electron chi connectivity index (χ1n) is 5.92. The van der Waals surface area contributed by atoms with Crippen molar-refractivity contribution in [2.75, 3.05) is 30.4 Å². The van der Waals surface area contributed by atoms with Crippen molar-refractivity contribution in [3.05, 3.63) is 24.3 Å². The van der Waals surface area contributed by atoms with Crippen LogP contribution in [-0.2, 0) is 10.0 Å². The Labute approximate surface area is 114 Å². The summed E-state index contributed by atoms with van der Waals surface area (Å²) in [7, 11) is -3.36. The van der Waals surface area contributed by atoms with Crippen LogP contribution < -0.4 is 10.0 Å². The van der Waals surface area contributed by atoms with Gasteiger partial charge in [-0.25, -0.2) is 13.1 Å². The number of hydrogen-bond donors (Lipinski definition) is 2. The van der Waals surface area contributed by atoms with E-state index in [0.717, 1.165) is 24.4 Å². The molecule has 2 N–H and O–H groups in total. The maximum atomic E-state index is 11.9. The fourth-order valence-electron chi connectivity index (χ4n) is 1.46. The lowest BCUT2D eigenvalue weighted by atomic mass is 10.3. The van der Waals surface area contributed by atoms with E-state index in [-0.39, 0.29) is 0 Å². The van der Waals surface area contributed by atoms with E-state index >= 15 is 0 Å². The van der Waals surface area contributed by atoms with Crippen LogP contribution in [0, 0.1) is 0 Å². The smallest absolute Gasteiger partial charge is 0.240 e. The molecule has 4 nitrogen and oxygen atoms in total. The van der Waals surface area contributed by atoms with E-state index in [0.29, 0.717) is 11.4 Å². The van der Waals surface area contributed by atoms with Crippen molar-refractivity contribution in [1.29, 1.82) is 0 Å². The van der Waals surface area contributed by atoms with Gasteiger partial charge in [0.15, 0.2) is 0 Å². The van der Waals surface area contributed by atoms with Gasteiger partial charge in [0.1, 0.15) is 0 Å². The minimum atomic E-state index is -3.36. The molecule has 0 aromatic heterocycles. The van der Waals surface area contributed by atoms with Crippen LogP contribution in [0.2, 0.25) is 0 Å². The highest BCUT2D eigenvalue weighted by atomic mass is 32.2. The largest absolute Gasteiger partial charge is 0.385 e. The van der Waals surface area contributed by atoms with Gasteiger partial charge in [-0.1, -0.05) is 0 Å². The normalized spacial score (nSPS) is 11.4. The first kappa shape index (κ1) is 15.3. The van der Waals surface area contributed by atoms with Gasteiger partial charge in [-0.2, -0.15) is 11.8 Å². The quantitative estimate of drug-likeness (QED) is 0.720. The summed E-state index contributed by atoms with van der Waals surface area (Å²) in [6.07, 6.45) is 2.85. The monoisotopic (exact) mass is 288 g/mol. The van der Waals surface area contributed by atoms with E-state index in [1.54, 1.807) is 36.0 Å². The van der Waals surface area contributed by atoms with Gasteiger partial charge in [0.05, 0.1) is 4.90 Å². The van der Waals surface area contributed by atoms with Crippen molar-refractivity contribution in [3.63, 3.8) is 0 Å². The zero-order valence-corrected chi connectivity index (χ0v) is 12.4. The number of nitrogens with one attached hydrogen (secondary N) is 2. The van der Waals surface area contributed by atoms with Crippen LogP contribution >= 0.6 is 11.8 Å². The van der Waals surface area contributed by atoms with Crippen LogP contribution in [0.25, 0.3) is 0 Å². The molecule has 0 saturated heterocycles. The Morgan fingerprint density at radius 2 is 1.89 bits per heavy atom. The molecular weight excluding hydrogens is 268 g/mol. The molecule has 0 radical (unpaired) electrons. The zero-order chi connectivity index (χ0) is 13.4. The van der Waals surface area contributed by atoms with E-state index < -0.39 is 10.0 Å². The number of benzene rings is 1. The number of hydrogen-bond acceptors (Lipinski definition) is 4. The van der Waals surface area contributed by atoms with Crippen LogP contribution in [0.5, 0.6) is 0 Å². The molecule has 0 bridgehead atoms. The molecule has 102 valence electrons. The summed E-state index contributed by atoms with van der Waals surface area (Å²) in [5, 5.41) is 3.13. The maximum absolute atomic E-state index is 11.9. The van der Waals surface area contributed by atoms with E-state index in [9.17, 15) is 8.42 Å². The average Bonchev–Trinajstić information content (AvgIpc) is 2.36. The van der Waals surface area contributed by atoms with Crippen molar-refractivity contribution in [2.24, 2.45) is 0 Å². The van der Waals surface area contributed by atoms with E-state index in [4.69, 9.17) is 0 Å². The SMILES string of the molecule is CCNc1ccc(S(=O)(=O)NCCCSC)cc1. The maximum Gasteiger partial charge on any atom is 0.240 e. The highest BCUT2D eigenvalue weighted by Gasteiger charge is 2.12. The molecule has 0 aliphatic rings. The molecule has 0 amide bonds. The number of sulfonamides is 1. The summed E-state index contributed by atoms with van der Waals surface area (Å²) in [5.41, 5.74) is 0.929. The van der Waals surface area contributed by atoms with E-state index in [1.165, 1.54) is 0 Å². The molecule has 0 atom stereocenters. The third-order valence-electron chi connectivity index (χ3n) is 2.36. The minimum Gasteiger partial charge on any atom is -0.385 e. The van der Waals surface area contributed by atoms with E-state index in [2.05, 4.69) is 10.0 Å². The van der Waals surface area contributed by atoms with Gasteiger partial charge in [0, 0.05) is 18.8 Å². The molecular formula is C12H20N2O2S2.